The Morgan fingerprint density at radius 3 is 2.67 bits per heavy atom. The Hall–Kier alpha value is -0.570. The van der Waals surface area contributed by atoms with Crippen LogP contribution >= 0.6 is 0 Å². The van der Waals surface area contributed by atoms with Crippen molar-refractivity contribution in [3.8, 4) is 0 Å². The third-order valence-electron chi connectivity index (χ3n) is 3.44. The first-order chi connectivity index (χ1) is 7.03. The molecule has 0 radical (unpaired) electrons. The predicted molar refractivity (Wildman–Crippen MR) is 62.8 cm³/mol. The zero-order chi connectivity index (χ0) is 11.5. The van der Waals surface area contributed by atoms with Crippen LogP contribution in [0.5, 0.6) is 0 Å². The topological polar surface area (TPSA) is 32.3 Å². The van der Waals surface area contributed by atoms with Gasteiger partial charge in [-0.3, -0.25) is 4.79 Å². The Morgan fingerprint density at radius 1 is 1.47 bits per heavy atom. The van der Waals surface area contributed by atoms with E-state index >= 15 is 0 Å². The minimum atomic E-state index is 0.0136. The van der Waals surface area contributed by atoms with E-state index in [-0.39, 0.29) is 17.5 Å². The van der Waals surface area contributed by atoms with Gasteiger partial charge in [0.1, 0.15) is 0 Å². The molecular formula is C12H24N2O. The van der Waals surface area contributed by atoms with E-state index in [1.165, 1.54) is 0 Å². The lowest BCUT2D eigenvalue weighted by Gasteiger charge is -2.35. The van der Waals surface area contributed by atoms with Crippen LogP contribution in [-0.4, -0.2) is 35.5 Å². The minimum Gasteiger partial charge on any atom is -0.336 e. The average Bonchev–Trinajstić information content (AvgIpc) is 2.57. The smallest absolute Gasteiger partial charge is 0.240 e. The Morgan fingerprint density at radius 2 is 2.13 bits per heavy atom. The molecule has 1 atom stereocenters. The van der Waals surface area contributed by atoms with E-state index in [0.717, 1.165) is 32.4 Å². The Kier molecular flexibility index (Phi) is 4.14. The van der Waals surface area contributed by atoms with E-state index in [2.05, 4.69) is 33.0 Å². The molecule has 1 unspecified atom stereocenters. The van der Waals surface area contributed by atoms with E-state index < -0.39 is 0 Å². The highest BCUT2D eigenvalue weighted by molar-refractivity contribution is 5.84. The quantitative estimate of drug-likeness (QED) is 0.753. The molecule has 1 aliphatic rings. The number of carbonyl (C=O) groups excluding carboxylic acids is 1. The van der Waals surface area contributed by atoms with Gasteiger partial charge in [0, 0.05) is 12.1 Å². The summed E-state index contributed by atoms with van der Waals surface area (Å²) in [4.78, 5) is 14.1. The van der Waals surface area contributed by atoms with Gasteiger partial charge in [-0.1, -0.05) is 13.8 Å². The van der Waals surface area contributed by atoms with Crippen LogP contribution in [0, 0.1) is 0 Å². The van der Waals surface area contributed by atoms with Gasteiger partial charge in [-0.05, 0) is 39.7 Å². The molecule has 3 heteroatoms. The minimum absolute atomic E-state index is 0.0136. The van der Waals surface area contributed by atoms with Crippen LogP contribution in [0.1, 0.15) is 47.0 Å². The number of hydrogen-bond donors (Lipinski definition) is 1. The molecule has 1 heterocycles. The van der Waals surface area contributed by atoms with Gasteiger partial charge in [-0.2, -0.15) is 0 Å². The summed E-state index contributed by atoms with van der Waals surface area (Å²) in [6.45, 7) is 10.4. The zero-order valence-corrected chi connectivity index (χ0v) is 10.5. The zero-order valence-electron chi connectivity index (χ0n) is 10.5. The molecule has 1 aliphatic heterocycles. The molecule has 1 rings (SSSR count). The maximum atomic E-state index is 12.1. The van der Waals surface area contributed by atoms with Gasteiger partial charge >= 0.3 is 0 Å². The standard InChI is InChI=1S/C12H24N2O/c1-5-8-13-10-7-9-14(11(10)15)12(3,4)6-2/h10,13H,5-9H2,1-4H3. The Balaban J connectivity index is 2.56. The van der Waals surface area contributed by atoms with Crippen molar-refractivity contribution < 1.29 is 4.79 Å². The summed E-state index contributed by atoms with van der Waals surface area (Å²) in [5, 5.41) is 3.32. The van der Waals surface area contributed by atoms with Gasteiger partial charge in [-0.25, -0.2) is 0 Å². The van der Waals surface area contributed by atoms with Crippen LogP contribution in [-0.2, 0) is 4.79 Å². The van der Waals surface area contributed by atoms with Crippen LogP contribution < -0.4 is 5.32 Å². The molecule has 0 aromatic heterocycles. The summed E-state index contributed by atoms with van der Waals surface area (Å²) in [7, 11) is 0. The maximum absolute atomic E-state index is 12.1. The largest absolute Gasteiger partial charge is 0.336 e. The third kappa shape index (κ3) is 2.71. The second kappa shape index (κ2) is 4.97. The van der Waals surface area contributed by atoms with Crippen molar-refractivity contribution in [3.63, 3.8) is 0 Å². The average molecular weight is 212 g/mol. The van der Waals surface area contributed by atoms with Crippen LogP contribution in [0.15, 0.2) is 0 Å². The number of hydrogen-bond acceptors (Lipinski definition) is 2. The van der Waals surface area contributed by atoms with Gasteiger partial charge < -0.3 is 10.2 Å². The van der Waals surface area contributed by atoms with Gasteiger partial charge in [0.15, 0.2) is 0 Å². The molecule has 1 amide bonds. The number of nitrogens with zero attached hydrogens (tertiary/aromatic N) is 1. The molecule has 88 valence electrons. The van der Waals surface area contributed by atoms with Gasteiger partial charge in [0.05, 0.1) is 6.04 Å². The molecule has 1 fully saturated rings. The highest BCUT2D eigenvalue weighted by Crippen LogP contribution is 2.24. The van der Waals surface area contributed by atoms with Crippen molar-refractivity contribution in [2.75, 3.05) is 13.1 Å². The van der Waals surface area contributed by atoms with Crippen LogP contribution in [0.25, 0.3) is 0 Å². The van der Waals surface area contributed by atoms with Gasteiger partial charge in [-0.15, -0.1) is 0 Å². The van der Waals surface area contributed by atoms with E-state index in [1.54, 1.807) is 0 Å². The van der Waals surface area contributed by atoms with Crippen LogP contribution in [0.2, 0.25) is 0 Å². The SMILES string of the molecule is CCCNC1CCN(C(C)(C)CC)C1=O. The molecule has 0 saturated carbocycles. The van der Waals surface area contributed by atoms with Crippen LogP contribution in [0.4, 0.5) is 0 Å². The first kappa shape index (κ1) is 12.5. The molecule has 15 heavy (non-hydrogen) atoms. The summed E-state index contributed by atoms with van der Waals surface area (Å²) in [6, 6.07) is 0.0655. The highest BCUT2D eigenvalue weighted by Gasteiger charge is 2.38. The Labute approximate surface area is 93.2 Å². The predicted octanol–water partition coefficient (Wildman–Crippen LogP) is 1.78. The fraction of sp³-hybridized carbons (Fsp3) is 0.917. The lowest BCUT2D eigenvalue weighted by Crippen LogP contribution is -2.48. The fourth-order valence-corrected chi connectivity index (χ4v) is 1.98. The van der Waals surface area contributed by atoms with Crippen molar-refractivity contribution in [2.24, 2.45) is 0 Å². The van der Waals surface area contributed by atoms with Gasteiger partial charge in [0.25, 0.3) is 0 Å². The molecule has 3 nitrogen and oxygen atoms in total. The van der Waals surface area contributed by atoms with Gasteiger partial charge in [0.2, 0.25) is 5.91 Å². The Bertz CT molecular complexity index is 226. The van der Waals surface area contributed by atoms with E-state index in [0.29, 0.717) is 0 Å². The number of rotatable bonds is 5. The van der Waals surface area contributed by atoms with E-state index in [9.17, 15) is 4.79 Å². The normalized spacial score (nSPS) is 22.5. The van der Waals surface area contributed by atoms with Crippen molar-refractivity contribution in [1.82, 2.24) is 10.2 Å². The maximum Gasteiger partial charge on any atom is 0.240 e. The van der Waals surface area contributed by atoms with Crippen molar-refractivity contribution in [1.29, 1.82) is 0 Å². The van der Waals surface area contributed by atoms with Crippen LogP contribution in [0.3, 0.4) is 0 Å². The first-order valence-corrected chi connectivity index (χ1v) is 6.07. The first-order valence-electron chi connectivity index (χ1n) is 6.07. The monoisotopic (exact) mass is 212 g/mol. The fourth-order valence-electron chi connectivity index (χ4n) is 1.98. The number of carbonyl (C=O) groups is 1. The molecule has 1 N–H and O–H groups in total. The number of amides is 1. The summed E-state index contributed by atoms with van der Waals surface area (Å²) in [5.41, 5.74) is 0.0136. The number of likely N-dealkylation sites (tertiary alicyclic amines) is 1. The molecule has 1 saturated heterocycles. The second-order valence-electron chi connectivity index (χ2n) is 4.95. The molecule has 0 spiro atoms. The molecule has 0 aliphatic carbocycles. The molecular weight excluding hydrogens is 188 g/mol. The molecule has 0 aromatic rings. The van der Waals surface area contributed by atoms with Crippen molar-refractivity contribution in [2.45, 2.75) is 58.5 Å². The molecule has 0 bridgehead atoms. The van der Waals surface area contributed by atoms with E-state index in [1.807, 2.05) is 4.90 Å². The molecule has 0 aromatic carbocycles. The second-order valence-corrected chi connectivity index (χ2v) is 4.95. The lowest BCUT2D eigenvalue weighted by atomic mass is 10.00. The summed E-state index contributed by atoms with van der Waals surface area (Å²) >= 11 is 0. The van der Waals surface area contributed by atoms with Crippen molar-refractivity contribution >= 4 is 5.91 Å². The number of nitrogens with one attached hydrogen (secondary N) is 1. The van der Waals surface area contributed by atoms with Crippen molar-refractivity contribution in [3.05, 3.63) is 0 Å². The third-order valence-corrected chi connectivity index (χ3v) is 3.44. The summed E-state index contributed by atoms with van der Waals surface area (Å²) < 4.78 is 0. The summed E-state index contributed by atoms with van der Waals surface area (Å²) in [5.74, 6) is 0.287. The van der Waals surface area contributed by atoms with E-state index in [4.69, 9.17) is 0 Å². The highest BCUT2D eigenvalue weighted by atomic mass is 16.2. The summed E-state index contributed by atoms with van der Waals surface area (Å²) in [6.07, 6.45) is 3.06. The lowest BCUT2D eigenvalue weighted by molar-refractivity contribution is -0.134.